The van der Waals surface area contributed by atoms with Crippen molar-refractivity contribution in [3.05, 3.63) is 17.5 Å². The van der Waals surface area contributed by atoms with Crippen molar-refractivity contribution in [3.8, 4) is 0 Å². The Morgan fingerprint density at radius 1 is 1.35 bits per heavy atom. The van der Waals surface area contributed by atoms with Crippen LogP contribution in [0.2, 0.25) is 0 Å². The zero-order valence-corrected chi connectivity index (χ0v) is 14.2. The Bertz CT molecular complexity index is 610. The van der Waals surface area contributed by atoms with Crippen LogP contribution in [0.1, 0.15) is 55.8 Å². The Morgan fingerprint density at radius 2 is 2.04 bits per heavy atom. The molecule has 2 fully saturated rings. The molecule has 0 aromatic carbocycles. The van der Waals surface area contributed by atoms with Gasteiger partial charge in [0.2, 0.25) is 5.91 Å². The minimum Gasteiger partial charge on any atom is -0.361 e. The zero-order valence-electron chi connectivity index (χ0n) is 14.2. The molecular weight excluding hydrogens is 294 g/mol. The summed E-state index contributed by atoms with van der Waals surface area (Å²) in [5.41, 5.74) is -0.343. The third-order valence-corrected chi connectivity index (χ3v) is 4.95. The van der Waals surface area contributed by atoms with Crippen molar-refractivity contribution in [2.75, 3.05) is 20.1 Å². The van der Waals surface area contributed by atoms with Crippen molar-refractivity contribution in [1.29, 1.82) is 0 Å². The smallest absolute Gasteiger partial charge is 0.276 e. The average molecular weight is 319 g/mol. The molecule has 0 N–H and O–H groups in total. The Morgan fingerprint density at radius 3 is 2.74 bits per heavy atom. The van der Waals surface area contributed by atoms with Crippen LogP contribution >= 0.6 is 0 Å². The average Bonchev–Trinajstić information content (AvgIpc) is 3.11. The number of likely N-dealkylation sites (tertiary alicyclic amines) is 2. The van der Waals surface area contributed by atoms with Gasteiger partial charge < -0.3 is 14.3 Å². The summed E-state index contributed by atoms with van der Waals surface area (Å²) in [7, 11) is 1.82. The Kier molecular flexibility index (Phi) is 4.17. The van der Waals surface area contributed by atoms with Crippen LogP contribution in [0.25, 0.3) is 0 Å². The van der Waals surface area contributed by atoms with Gasteiger partial charge >= 0.3 is 0 Å². The summed E-state index contributed by atoms with van der Waals surface area (Å²) < 4.78 is 5.29. The fourth-order valence-electron chi connectivity index (χ4n) is 3.88. The summed E-state index contributed by atoms with van der Waals surface area (Å²) >= 11 is 0. The SMILES string of the molecule is CC(C)Cc1cc(C(=O)N2CCCC23CCCN(C)C3=O)no1. The molecule has 2 aliphatic heterocycles. The highest BCUT2D eigenvalue weighted by atomic mass is 16.5. The van der Waals surface area contributed by atoms with E-state index in [2.05, 4.69) is 19.0 Å². The minimum atomic E-state index is -0.665. The topological polar surface area (TPSA) is 66.7 Å². The maximum absolute atomic E-state index is 12.9. The number of carbonyl (C=O) groups is 2. The van der Waals surface area contributed by atoms with Crippen molar-refractivity contribution in [3.63, 3.8) is 0 Å². The molecule has 3 rings (SSSR count). The molecule has 6 nitrogen and oxygen atoms in total. The number of hydrogen-bond acceptors (Lipinski definition) is 4. The predicted octanol–water partition coefficient (Wildman–Crippen LogP) is 2.10. The van der Waals surface area contributed by atoms with Crippen molar-refractivity contribution in [2.24, 2.45) is 5.92 Å². The van der Waals surface area contributed by atoms with E-state index in [9.17, 15) is 9.59 Å². The van der Waals surface area contributed by atoms with Crippen molar-refractivity contribution >= 4 is 11.8 Å². The van der Waals surface area contributed by atoms with Crippen LogP contribution in [0.15, 0.2) is 10.6 Å². The second-order valence-electron chi connectivity index (χ2n) is 7.20. The van der Waals surface area contributed by atoms with Gasteiger partial charge in [0.15, 0.2) is 5.69 Å². The van der Waals surface area contributed by atoms with E-state index in [1.54, 1.807) is 15.9 Å². The van der Waals surface area contributed by atoms with Gasteiger partial charge in [-0.25, -0.2) is 0 Å². The number of nitrogens with zero attached hydrogens (tertiary/aromatic N) is 3. The maximum atomic E-state index is 12.9. The highest BCUT2D eigenvalue weighted by molar-refractivity contribution is 5.98. The number of aromatic nitrogens is 1. The van der Waals surface area contributed by atoms with Crippen molar-refractivity contribution < 1.29 is 14.1 Å². The zero-order chi connectivity index (χ0) is 16.6. The van der Waals surface area contributed by atoms with Crippen LogP contribution in [0, 0.1) is 5.92 Å². The van der Waals surface area contributed by atoms with Gasteiger partial charge in [-0.15, -0.1) is 0 Å². The lowest BCUT2D eigenvalue weighted by Gasteiger charge is -2.43. The first kappa shape index (κ1) is 16.0. The lowest BCUT2D eigenvalue weighted by molar-refractivity contribution is -0.144. The Hall–Kier alpha value is -1.85. The molecule has 2 aliphatic rings. The summed E-state index contributed by atoms with van der Waals surface area (Å²) in [6, 6.07) is 1.73. The van der Waals surface area contributed by atoms with Crippen LogP contribution in [0.4, 0.5) is 0 Å². The summed E-state index contributed by atoms with van der Waals surface area (Å²) in [6.07, 6.45) is 4.05. The van der Waals surface area contributed by atoms with Crippen LogP contribution in [0.5, 0.6) is 0 Å². The van der Waals surface area contributed by atoms with E-state index in [0.29, 0.717) is 18.2 Å². The lowest BCUT2D eigenvalue weighted by Crippen LogP contribution is -2.60. The first-order chi connectivity index (χ1) is 10.9. The molecule has 2 saturated heterocycles. The minimum absolute atomic E-state index is 0.0699. The van der Waals surface area contributed by atoms with E-state index in [1.165, 1.54) is 0 Å². The first-order valence-electron chi connectivity index (χ1n) is 8.47. The van der Waals surface area contributed by atoms with E-state index in [4.69, 9.17) is 4.52 Å². The van der Waals surface area contributed by atoms with Gasteiger partial charge in [0.05, 0.1) is 0 Å². The van der Waals surface area contributed by atoms with Crippen molar-refractivity contribution in [2.45, 2.75) is 51.5 Å². The molecule has 1 atom stereocenters. The second kappa shape index (κ2) is 5.98. The number of hydrogen-bond donors (Lipinski definition) is 0. The number of amides is 2. The molecule has 1 aromatic heterocycles. The summed E-state index contributed by atoms with van der Waals surface area (Å²) in [6.45, 7) is 5.57. The second-order valence-corrected chi connectivity index (χ2v) is 7.20. The molecule has 0 aliphatic carbocycles. The van der Waals surface area contributed by atoms with Gasteiger partial charge in [-0.3, -0.25) is 9.59 Å². The van der Waals surface area contributed by atoms with E-state index in [1.807, 2.05) is 7.05 Å². The highest BCUT2D eigenvalue weighted by Gasteiger charge is 2.52. The maximum Gasteiger partial charge on any atom is 0.276 e. The lowest BCUT2D eigenvalue weighted by atomic mass is 9.85. The summed E-state index contributed by atoms with van der Waals surface area (Å²) in [5.74, 6) is 1.06. The molecule has 6 heteroatoms. The molecule has 126 valence electrons. The molecule has 23 heavy (non-hydrogen) atoms. The number of piperidine rings is 1. The molecule has 2 amide bonds. The van der Waals surface area contributed by atoms with Gasteiger partial charge in [0.1, 0.15) is 11.3 Å². The van der Waals surface area contributed by atoms with E-state index in [-0.39, 0.29) is 11.8 Å². The van der Waals surface area contributed by atoms with E-state index >= 15 is 0 Å². The van der Waals surface area contributed by atoms with Gasteiger partial charge in [-0.1, -0.05) is 19.0 Å². The number of likely N-dealkylation sites (N-methyl/N-ethyl adjacent to an activating group) is 1. The highest BCUT2D eigenvalue weighted by Crippen LogP contribution is 2.38. The Labute approximate surface area is 136 Å². The third-order valence-electron chi connectivity index (χ3n) is 4.95. The monoisotopic (exact) mass is 319 g/mol. The largest absolute Gasteiger partial charge is 0.361 e. The fourth-order valence-corrected chi connectivity index (χ4v) is 3.88. The first-order valence-corrected chi connectivity index (χ1v) is 8.47. The molecule has 1 unspecified atom stereocenters. The molecule has 0 radical (unpaired) electrons. The molecule has 3 heterocycles. The molecule has 0 saturated carbocycles. The quantitative estimate of drug-likeness (QED) is 0.856. The fraction of sp³-hybridized carbons (Fsp3) is 0.706. The number of carbonyl (C=O) groups excluding carboxylic acids is 2. The Balaban J connectivity index is 1.83. The van der Waals surface area contributed by atoms with Gasteiger partial charge in [0.25, 0.3) is 5.91 Å². The van der Waals surface area contributed by atoms with E-state index < -0.39 is 5.54 Å². The molecule has 0 bridgehead atoms. The van der Waals surface area contributed by atoms with E-state index in [0.717, 1.165) is 44.4 Å². The van der Waals surface area contributed by atoms with Crippen molar-refractivity contribution in [1.82, 2.24) is 15.0 Å². The van der Waals surface area contributed by atoms with Crippen LogP contribution in [0.3, 0.4) is 0 Å². The molecule has 1 spiro atoms. The van der Waals surface area contributed by atoms with Gasteiger partial charge in [-0.05, 0) is 31.6 Å². The summed E-state index contributed by atoms with van der Waals surface area (Å²) in [5, 5.41) is 3.94. The number of rotatable bonds is 3. The third kappa shape index (κ3) is 2.75. The van der Waals surface area contributed by atoms with Crippen LogP contribution in [-0.2, 0) is 11.2 Å². The normalized spacial score (nSPS) is 25.0. The van der Waals surface area contributed by atoms with Gasteiger partial charge in [-0.2, -0.15) is 0 Å². The standard InChI is InChI=1S/C17H25N3O3/c1-12(2)10-13-11-14(18-23-13)15(21)20-9-5-7-17(20)6-4-8-19(3)16(17)22/h11-12H,4-10H2,1-3H3. The molecule has 1 aromatic rings. The predicted molar refractivity (Wildman–Crippen MR) is 84.9 cm³/mol. The van der Waals surface area contributed by atoms with Gasteiger partial charge in [0, 0.05) is 32.6 Å². The van der Waals surface area contributed by atoms with Crippen LogP contribution in [-0.4, -0.2) is 52.4 Å². The molecular formula is C17H25N3O3. The van der Waals surface area contributed by atoms with Crippen LogP contribution < -0.4 is 0 Å². The summed E-state index contributed by atoms with van der Waals surface area (Å²) in [4.78, 5) is 29.1.